The maximum absolute atomic E-state index is 12.1. The number of aryl methyl sites for hydroxylation is 1. The molecule has 2 aromatic carbocycles. The van der Waals surface area contributed by atoms with E-state index in [1.165, 1.54) is 5.56 Å². The summed E-state index contributed by atoms with van der Waals surface area (Å²) in [7, 11) is 0. The van der Waals surface area contributed by atoms with Gasteiger partial charge in [0.1, 0.15) is 5.58 Å². The van der Waals surface area contributed by atoms with Crippen LogP contribution in [0.4, 0.5) is 5.69 Å². The molecule has 4 nitrogen and oxygen atoms in total. The summed E-state index contributed by atoms with van der Waals surface area (Å²) in [5.74, 6) is 0. The van der Waals surface area contributed by atoms with Gasteiger partial charge in [-0.2, -0.15) is 5.10 Å². The number of para-hydroxylation sites is 1. The van der Waals surface area contributed by atoms with Gasteiger partial charge >= 0.3 is 5.63 Å². The summed E-state index contributed by atoms with van der Waals surface area (Å²) in [5, 5.41) is 5.15. The van der Waals surface area contributed by atoms with Gasteiger partial charge < -0.3 is 4.42 Å². The van der Waals surface area contributed by atoms with Crippen molar-refractivity contribution in [2.24, 2.45) is 5.10 Å². The van der Waals surface area contributed by atoms with E-state index in [1.807, 2.05) is 49.4 Å². The molecule has 3 aromatic rings. The molecule has 0 aliphatic heterocycles. The fourth-order valence-corrected chi connectivity index (χ4v) is 2.15. The van der Waals surface area contributed by atoms with Crippen molar-refractivity contribution in [3.63, 3.8) is 0 Å². The van der Waals surface area contributed by atoms with E-state index in [2.05, 4.69) is 10.5 Å². The Bertz CT molecular complexity index is 893. The molecular weight excluding hydrogens is 276 g/mol. The van der Waals surface area contributed by atoms with Crippen LogP contribution in [0.1, 0.15) is 18.1 Å². The van der Waals surface area contributed by atoms with Crippen molar-refractivity contribution in [3.8, 4) is 0 Å². The average molecular weight is 292 g/mol. The van der Waals surface area contributed by atoms with Crippen LogP contribution >= 0.6 is 0 Å². The van der Waals surface area contributed by atoms with Gasteiger partial charge in [-0.25, -0.2) is 4.79 Å². The first kappa shape index (κ1) is 14.1. The molecule has 0 aliphatic rings. The lowest BCUT2D eigenvalue weighted by molar-refractivity contribution is 0.559. The van der Waals surface area contributed by atoms with Crippen molar-refractivity contribution in [2.45, 2.75) is 13.8 Å². The number of nitrogens with zero attached hydrogens (tertiary/aromatic N) is 1. The third kappa shape index (κ3) is 2.91. The van der Waals surface area contributed by atoms with E-state index in [-0.39, 0.29) is 5.63 Å². The standard InChI is InChI=1S/C18H16N2O2/c1-12-7-9-15(10-8-12)20-19-13(2)16-11-14-5-3-4-6-17(14)22-18(16)21/h3-11,20H,1-2H3/b19-13+. The van der Waals surface area contributed by atoms with Crippen molar-refractivity contribution >= 4 is 22.4 Å². The highest BCUT2D eigenvalue weighted by Gasteiger charge is 2.08. The number of rotatable bonds is 3. The van der Waals surface area contributed by atoms with Crippen LogP contribution in [0.15, 0.2) is 68.9 Å². The van der Waals surface area contributed by atoms with E-state index in [4.69, 9.17) is 4.42 Å². The Labute approximate surface area is 128 Å². The van der Waals surface area contributed by atoms with Gasteiger partial charge in [0, 0.05) is 5.39 Å². The Morgan fingerprint density at radius 1 is 1.09 bits per heavy atom. The lowest BCUT2D eigenvalue weighted by Gasteiger charge is -2.04. The smallest absolute Gasteiger partial charge is 0.345 e. The van der Waals surface area contributed by atoms with Crippen LogP contribution in [-0.2, 0) is 0 Å². The molecule has 0 saturated carbocycles. The minimum absolute atomic E-state index is 0.384. The zero-order valence-electron chi connectivity index (χ0n) is 12.5. The van der Waals surface area contributed by atoms with Crippen molar-refractivity contribution in [1.29, 1.82) is 0 Å². The van der Waals surface area contributed by atoms with Crippen LogP contribution in [0.3, 0.4) is 0 Å². The molecule has 4 heteroatoms. The third-order valence-corrected chi connectivity index (χ3v) is 3.44. The summed E-state index contributed by atoms with van der Waals surface area (Å²) in [6, 6.07) is 17.1. The Balaban J connectivity index is 1.92. The van der Waals surface area contributed by atoms with Gasteiger partial charge in [-0.3, -0.25) is 5.43 Å². The van der Waals surface area contributed by atoms with Gasteiger partial charge in [0.15, 0.2) is 0 Å². The van der Waals surface area contributed by atoms with Crippen LogP contribution in [-0.4, -0.2) is 5.71 Å². The van der Waals surface area contributed by atoms with E-state index >= 15 is 0 Å². The normalized spacial score (nSPS) is 11.6. The summed E-state index contributed by atoms with van der Waals surface area (Å²) in [6.07, 6.45) is 0. The van der Waals surface area contributed by atoms with Crippen LogP contribution in [0.2, 0.25) is 0 Å². The quantitative estimate of drug-likeness (QED) is 0.452. The number of anilines is 1. The molecule has 22 heavy (non-hydrogen) atoms. The highest BCUT2D eigenvalue weighted by molar-refractivity contribution is 6.00. The van der Waals surface area contributed by atoms with Crippen LogP contribution in [0.25, 0.3) is 11.0 Å². The van der Waals surface area contributed by atoms with Gasteiger partial charge in [-0.15, -0.1) is 0 Å². The lowest BCUT2D eigenvalue weighted by Crippen LogP contribution is -2.13. The first-order valence-electron chi connectivity index (χ1n) is 7.04. The zero-order chi connectivity index (χ0) is 15.5. The van der Waals surface area contributed by atoms with Gasteiger partial charge in [0.05, 0.1) is 17.0 Å². The van der Waals surface area contributed by atoms with Crippen LogP contribution in [0.5, 0.6) is 0 Å². The minimum atomic E-state index is -0.384. The fraction of sp³-hybridized carbons (Fsp3) is 0.111. The van der Waals surface area contributed by atoms with Crippen molar-refractivity contribution in [1.82, 2.24) is 0 Å². The SMILES string of the molecule is C/C(=N\Nc1ccc(C)cc1)c1cc2ccccc2oc1=O. The van der Waals surface area contributed by atoms with E-state index in [0.29, 0.717) is 16.9 Å². The second-order valence-electron chi connectivity index (χ2n) is 5.16. The predicted octanol–water partition coefficient (Wildman–Crippen LogP) is 3.94. The van der Waals surface area contributed by atoms with Gasteiger partial charge in [0.25, 0.3) is 0 Å². The monoisotopic (exact) mass is 292 g/mol. The van der Waals surface area contributed by atoms with E-state index in [1.54, 1.807) is 19.1 Å². The molecule has 0 aliphatic carbocycles. The van der Waals surface area contributed by atoms with Crippen LogP contribution < -0.4 is 11.1 Å². The molecule has 110 valence electrons. The molecule has 0 amide bonds. The maximum Gasteiger partial charge on any atom is 0.345 e. The summed E-state index contributed by atoms with van der Waals surface area (Å²) >= 11 is 0. The van der Waals surface area contributed by atoms with E-state index < -0.39 is 0 Å². The average Bonchev–Trinajstić information content (AvgIpc) is 2.53. The number of hydrogen-bond acceptors (Lipinski definition) is 4. The zero-order valence-corrected chi connectivity index (χ0v) is 12.5. The summed E-state index contributed by atoms with van der Waals surface area (Å²) in [4.78, 5) is 12.1. The van der Waals surface area contributed by atoms with E-state index in [9.17, 15) is 4.79 Å². The van der Waals surface area contributed by atoms with E-state index in [0.717, 1.165) is 11.1 Å². The Kier molecular flexibility index (Phi) is 3.74. The number of benzene rings is 2. The topological polar surface area (TPSA) is 54.6 Å². The number of nitrogens with one attached hydrogen (secondary N) is 1. The molecule has 1 heterocycles. The highest BCUT2D eigenvalue weighted by atomic mass is 16.4. The fourth-order valence-electron chi connectivity index (χ4n) is 2.15. The molecule has 0 spiro atoms. The predicted molar refractivity (Wildman–Crippen MR) is 89.5 cm³/mol. The van der Waals surface area contributed by atoms with Gasteiger partial charge in [0.2, 0.25) is 0 Å². The van der Waals surface area contributed by atoms with Crippen molar-refractivity contribution in [2.75, 3.05) is 5.43 Å². The minimum Gasteiger partial charge on any atom is -0.422 e. The first-order valence-corrected chi connectivity index (χ1v) is 7.04. The van der Waals surface area contributed by atoms with Crippen molar-refractivity contribution in [3.05, 3.63) is 76.1 Å². The van der Waals surface area contributed by atoms with Gasteiger partial charge in [-0.1, -0.05) is 35.9 Å². The van der Waals surface area contributed by atoms with Crippen LogP contribution in [0, 0.1) is 6.92 Å². The second kappa shape index (κ2) is 5.85. The molecule has 1 aromatic heterocycles. The Morgan fingerprint density at radius 3 is 2.59 bits per heavy atom. The highest BCUT2D eigenvalue weighted by Crippen LogP contribution is 2.13. The van der Waals surface area contributed by atoms with Gasteiger partial charge in [-0.05, 0) is 38.1 Å². The first-order chi connectivity index (χ1) is 10.6. The molecule has 0 bridgehead atoms. The summed E-state index contributed by atoms with van der Waals surface area (Å²) < 4.78 is 5.32. The third-order valence-electron chi connectivity index (χ3n) is 3.44. The summed E-state index contributed by atoms with van der Waals surface area (Å²) in [6.45, 7) is 3.81. The number of hydrogen-bond donors (Lipinski definition) is 1. The molecule has 1 N–H and O–H groups in total. The maximum atomic E-state index is 12.1. The molecule has 0 radical (unpaired) electrons. The largest absolute Gasteiger partial charge is 0.422 e. The molecular formula is C18H16N2O2. The molecule has 0 fully saturated rings. The lowest BCUT2D eigenvalue weighted by atomic mass is 10.1. The Morgan fingerprint density at radius 2 is 1.82 bits per heavy atom. The summed E-state index contributed by atoms with van der Waals surface area (Å²) in [5.41, 5.74) is 6.24. The number of fused-ring (bicyclic) bond motifs is 1. The van der Waals surface area contributed by atoms with Crippen molar-refractivity contribution < 1.29 is 4.42 Å². The number of hydrazone groups is 1. The second-order valence-corrected chi connectivity index (χ2v) is 5.16. The molecule has 0 unspecified atom stereocenters. The molecule has 0 saturated heterocycles. The Hall–Kier alpha value is -2.88. The molecule has 3 rings (SSSR count). The molecule has 0 atom stereocenters.